The lowest BCUT2D eigenvalue weighted by Gasteiger charge is -2.24. The molecule has 0 spiro atoms. The fraction of sp³-hybridized carbons (Fsp3) is 0.385. The summed E-state index contributed by atoms with van der Waals surface area (Å²) in [5.74, 6) is -0.797. The third-order valence-electron chi connectivity index (χ3n) is 3.42. The van der Waals surface area contributed by atoms with Crippen molar-refractivity contribution >= 4 is 29.3 Å². The van der Waals surface area contributed by atoms with E-state index in [0.29, 0.717) is 12.2 Å². The SMILES string of the molecule is COc1cc(C(=O)NC2(C(=O)O)CCSC2)ccc1[N+](=O)[O-]. The molecule has 1 saturated heterocycles. The number of methoxy groups -OCH3 is 1. The number of carboxylic acid groups (broad SMARTS) is 1. The predicted molar refractivity (Wildman–Crippen MR) is 79.4 cm³/mol. The van der Waals surface area contributed by atoms with Gasteiger partial charge in [0.1, 0.15) is 5.54 Å². The third kappa shape index (κ3) is 2.98. The Morgan fingerprint density at radius 3 is 2.73 bits per heavy atom. The number of rotatable bonds is 5. The number of aliphatic carboxylic acids is 1. The van der Waals surface area contributed by atoms with E-state index in [9.17, 15) is 24.8 Å². The number of carbonyl (C=O) groups excluding carboxylic acids is 1. The van der Waals surface area contributed by atoms with Crippen molar-refractivity contribution in [2.45, 2.75) is 12.0 Å². The Morgan fingerprint density at radius 2 is 2.23 bits per heavy atom. The van der Waals surface area contributed by atoms with E-state index >= 15 is 0 Å². The van der Waals surface area contributed by atoms with Crippen molar-refractivity contribution in [3.63, 3.8) is 0 Å². The van der Waals surface area contributed by atoms with Gasteiger partial charge in [0.15, 0.2) is 5.75 Å². The number of nitrogens with zero attached hydrogens (tertiary/aromatic N) is 1. The Morgan fingerprint density at radius 1 is 1.50 bits per heavy atom. The van der Waals surface area contributed by atoms with Gasteiger partial charge in [-0.15, -0.1) is 0 Å². The number of nitro benzene ring substituents is 1. The highest BCUT2D eigenvalue weighted by atomic mass is 32.2. The summed E-state index contributed by atoms with van der Waals surface area (Å²) < 4.78 is 4.90. The molecule has 1 fully saturated rings. The standard InChI is InChI=1S/C13H14N2O6S/c1-21-10-6-8(2-3-9(10)15(19)20)11(16)14-13(12(17)18)4-5-22-7-13/h2-3,6H,4-5,7H2,1H3,(H,14,16)(H,17,18). The normalized spacial score (nSPS) is 20.4. The van der Waals surface area contributed by atoms with Crippen LogP contribution in [0.5, 0.6) is 5.75 Å². The van der Waals surface area contributed by atoms with Gasteiger partial charge in [0.05, 0.1) is 12.0 Å². The lowest BCUT2D eigenvalue weighted by atomic mass is 9.98. The quantitative estimate of drug-likeness (QED) is 0.618. The van der Waals surface area contributed by atoms with Crippen LogP contribution >= 0.6 is 11.8 Å². The van der Waals surface area contributed by atoms with Crippen LogP contribution in [0.4, 0.5) is 5.69 Å². The molecule has 1 aliphatic heterocycles. The van der Waals surface area contributed by atoms with Gasteiger partial charge in [0, 0.05) is 23.4 Å². The van der Waals surface area contributed by atoms with Crippen molar-refractivity contribution < 1.29 is 24.4 Å². The van der Waals surface area contributed by atoms with Crippen LogP contribution in [0, 0.1) is 10.1 Å². The van der Waals surface area contributed by atoms with Gasteiger partial charge in [-0.1, -0.05) is 0 Å². The van der Waals surface area contributed by atoms with E-state index in [1.807, 2.05) is 0 Å². The van der Waals surface area contributed by atoms with E-state index in [0.717, 1.165) is 6.07 Å². The second-order valence-corrected chi connectivity index (χ2v) is 5.89. The molecule has 0 saturated carbocycles. The van der Waals surface area contributed by atoms with Crippen LogP contribution in [0.25, 0.3) is 0 Å². The predicted octanol–water partition coefficient (Wildman–Crippen LogP) is 1.29. The maximum atomic E-state index is 12.3. The van der Waals surface area contributed by atoms with Crippen LogP contribution in [0.3, 0.4) is 0 Å². The molecule has 1 aromatic rings. The summed E-state index contributed by atoms with van der Waals surface area (Å²) in [5.41, 5.74) is -1.44. The maximum Gasteiger partial charge on any atom is 0.330 e. The van der Waals surface area contributed by atoms with Crippen LogP contribution in [-0.4, -0.2) is 46.1 Å². The number of nitrogens with one attached hydrogen (secondary N) is 1. The fourth-order valence-corrected chi connectivity index (χ4v) is 3.47. The minimum Gasteiger partial charge on any atom is -0.490 e. The number of amides is 1. The first-order valence-electron chi connectivity index (χ1n) is 6.36. The summed E-state index contributed by atoms with van der Waals surface area (Å²) in [6.07, 6.45) is 0.336. The summed E-state index contributed by atoms with van der Waals surface area (Å²) in [6, 6.07) is 3.66. The van der Waals surface area contributed by atoms with Gasteiger partial charge in [0.2, 0.25) is 0 Å². The maximum absolute atomic E-state index is 12.3. The number of hydrogen-bond acceptors (Lipinski definition) is 6. The van der Waals surface area contributed by atoms with Crippen molar-refractivity contribution in [1.82, 2.24) is 5.32 Å². The van der Waals surface area contributed by atoms with Crippen LogP contribution in [0.1, 0.15) is 16.8 Å². The van der Waals surface area contributed by atoms with Crippen LogP contribution in [0.2, 0.25) is 0 Å². The zero-order chi connectivity index (χ0) is 16.3. The summed E-state index contributed by atoms with van der Waals surface area (Å²) in [4.78, 5) is 33.9. The summed E-state index contributed by atoms with van der Waals surface area (Å²) in [6.45, 7) is 0. The first-order chi connectivity index (χ1) is 10.4. The van der Waals surface area contributed by atoms with E-state index in [1.165, 1.54) is 31.0 Å². The molecule has 0 aliphatic carbocycles. The van der Waals surface area contributed by atoms with E-state index in [2.05, 4.69) is 5.32 Å². The average Bonchev–Trinajstić information content (AvgIpc) is 2.96. The molecule has 9 heteroatoms. The molecule has 22 heavy (non-hydrogen) atoms. The first-order valence-corrected chi connectivity index (χ1v) is 7.51. The monoisotopic (exact) mass is 326 g/mol. The number of nitro groups is 1. The third-order valence-corrected chi connectivity index (χ3v) is 4.61. The topological polar surface area (TPSA) is 119 Å². The highest BCUT2D eigenvalue weighted by Gasteiger charge is 2.43. The molecule has 8 nitrogen and oxygen atoms in total. The Bertz CT molecular complexity index is 627. The van der Waals surface area contributed by atoms with Crippen LogP contribution in [-0.2, 0) is 4.79 Å². The van der Waals surface area contributed by atoms with Gasteiger partial charge in [-0.05, 0) is 18.2 Å². The average molecular weight is 326 g/mol. The van der Waals surface area contributed by atoms with Gasteiger partial charge in [-0.2, -0.15) is 11.8 Å². The molecule has 1 aromatic carbocycles. The Kier molecular flexibility index (Phi) is 4.55. The van der Waals surface area contributed by atoms with E-state index < -0.39 is 22.3 Å². The van der Waals surface area contributed by atoms with Crippen molar-refractivity contribution in [2.24, 2.45) is 0 Å². The lowest BCUT2D eigenvalue weighted by Crippen LogP contribution is -2.54. The molecular formula is C13H14N2O6S. The van der Waals surface area contributed by atoms with Crippen molar-refractivity contribution in [3.05, 3.63) is 33.9 Å². The molecule has 1 aliphatic rings. The molecular weight excluding hydrogens is 312 g/mol. The molecule has 118 valence electrons. The summed E-state index contributed by atoms with van der Waals surface area (Å²) in [5, 5.41) is 22.7. The second-order valence-electron chi connectivity index (χ2n) is 4.79. The minimum absolute atomic E-state index is 0.0529. The number of carbonyl (C=O) groups is 2. The smallest absolute Gasteiger partial charge is 0.330 e. The second kappa shape index (κ2) is 6.22. The largest absolute Gasteiger partial charge is 0.490 e. The van der Waals surface area contributed by atoms with Gasteiger partial charge in [0.25, 0.3) is 5.91 Å². The van der Waals surface area contributed by atoms with Crippen molar-refractivity contribution in [2.75, 3.05) is 18.6 Å². The van der Waals surface area contributed by atoms with Crippen molar-refractivity contribution in [3.8, 4) is 5.75 Å². The zero-order valence-corrected chi connectivity index (χ0v) is 12.5. The van der Waals surface area contributed by atoms with Gasteiger partial charge in [-0.25, -0.2) is 4.79 Å². The summed E-state index contributed by atoms with van der Waals surface area (Å²) in [7, 11) is 1.26. The number of carboxylic acids is 1. The number of hydrogen-bond donors (Lipinski definition) is 2. The van der Waals surface area contributed by atoms with Gasteiger partial charge < -0.3 is 15.2 Å². The van der Waals surface area contributed by atoms with E-state index in [-0.39, 0.29) is 22.8 Å². The van der Waals surface area contributed by atoms with E-state index in [1.54, 1.807) is 0 Å². The highest BCUT2D eigenvalue weighted by Crippen LogP contribution is 2.30. The molecule has 1 atom stereocenters. The molecule has 1 amide bonds. The number of ether oxygens (including phenoxy) is 1. The highest BCUT2D eigenvalue weighted by molar-refractivity contribution is 7.99. The van der Waals surface area contributed by atoms with Crippen LogP contribution in [0.15, 0.2) is 18.2 Å². The summed E-state index contributed by atoms with van der Waals surface area (Å²) >= 11 is 1.45. The molecule has 0 aromatic heterocycles. The van der Waals surface area contributed by atoms with E-state index in [4.69, 9.17) is 4.74 Å². The van der Waals surface area contributed by atoms with Gasteiger partial charge in [-0.3, -0.25) is 14.9 Å². The molecule has 2 rings (SSSR count). The molecule has 2 N–H and O–H groups in total. The molecule has 1 unspecified atom stereocenters. The number of thioether (sulfide) groups is 1. The molecule has 0 radical (unpaired) electrons. The number of benzene rings is 1. The van der Waals surface area contributed by atoms with Crippen LogP contribution < -0.4 is 10.1 Å². The minimum atomic E-state index is -1.29. The Balaban J connectivity index is 2.26. The molecule has 1 heterocycles. The Hall–Kier alpha value is -2.29. The fourth-order valence-electron chi connectivity index (χ4n) is 2.14. The van der Waals surface area contributed by atoms with Crippen molar-refractivity contribution in [1.29, 1.82) is 0 Å². The first kappa shape index (κ1) is 16.1. The van der Waals surface area contributed by atoms with Gasteiger partial charge >= 0.3 is 11.7 Å². The Labute approximate surface area is 130 Å². The zero-order valence-electron chi connectivity index (χ0n) is 11.7. The molecule has 0 bridgehead atoms. The lowest BCUT2D eigenvalue weighted by molar-refractivity contribution is -0.385.